The molecule has 1 aromatic carbocycles. The quantitative estimate of drug-likeness (QED) is 0.815. The lowest BCUT2D eigenvalue weighted by molar-refractivity contribution is -0.118. The third-order valence-corrected chi connectivity index (χ3v) is 5.17. The van der Waals surface area contributed by atoms with Crippen molar-refractivity contribution >= 4 is 23.2 Å². The fraction of sp³-hybridized carbons (Fsp3) is 0.444. The first kappa shape index (κ1) is 17.6. The fourth-order valence-electron chi connectivity index (χ4n) is 3.57. The summed E-state index contributed by atoms with van der Waals surface area (Å²) in [6, 6.07) is 1.55. The second-order valence-electron chi connectivity index (χ2n) is 5.95. The molecule has 1 spiro atoms. The largest absolute Gasteiger partial charge is 0.496 e. The van der Waals surface area contributed by atoms with Crippen LogP contribution < -0.4 is 14.2 Å². The van der Waals surface area contributed by atoms with Crippen LogP contribution in [0.5, 0.6) is 17.2 Å². The van der Waals surface area contributed by atoms with E-state index in [-0.39, 0.29) is 46.0 Å². The van der Waals surface area contributed by atoms with Crippen molar-refractivity contribution in [2.75, 3.05) is 21.3 Å². The van der Waals surface area contributed by atoms with Gasteiger partial charge in [0, 0.05) is 24.5 Å². The molecular formula is C18H19ClO6. The molecule has 7 heteroatoms. The summed E-state index contributed by atoms with van der Waals surface area (Å²) < 4.78 is 22.1. The Bertz CT molecular complexity index is 784. The second kappa shape index (κ2) is 6.26. The summed E-state index contributed by atoms with van der Waals surface area (Å²) in [5.41, 5.74) is -1.17. The van der Waals surface area contributed by atoms with Crippen molar-refractivity contribution in [2.45, 2.75) is 25.4 Å². The van der Waals surface area contributed by atoms with Crippen molar-refractivity contribution < 1.29 is 28.5 Å². The maximum Gasteiger partial charge on any atom is 0.231 e. The summed E-state index contributed by atoms with van der Waals surface area (Å²) in [7, 11) is 4.34. The number of hydrogen-bond acceptors (Lipinski definition) is 6. The summed E-state index contributed by atoms with van der Waals surface area (Å²) >= 11 is 6.38. The van der Waals surface area contributed by atoms with Crippen molar-refractivity contribution in [1.82, 2.24) is 0 Å². The molecular weight excluding hydrogens is 348 g/mol. The fourth-order valence-corrected chi connectivity index (χ4v) is 3.84. The zero-order chi connectivity index (χ0) is 18.4. The number of carbonyl (C=O) groups excluding carboxylic acids is 2. The Morgan fingerprint density at radius 1 is 1.20 bits per heavy atom. The van der Waals surface area contributed by atoms with Crippen molar-refractivity contribution in [1.29, 1.82) is 0 Å². The number of carbonyl (C=O) groups is 2. The van der Waals surface area contributed by atoms with Crippen LogP contribution in [-0.2, 0) is 9.53 Å². The lowest BCUT2D eigenvalue weighted by atomic mass is 9.73. The molecule has 0 amide bonds. The molecule has 1 aromatic rings. The van der Waals surface area contributed by atoms with Crippen LogP contribution in [0, 0.1) is 5.92 Å². The zero-order valence-corrected chi connectivity index (χ0v) is 15.2. The topological polar surface area (TPSA) is 71.1 Å². The first-order valence-electron chi connectivity index (χ1n) is 7.91. The molecule has 0 saturated carbocycles. The molecule has 0 unspecified atom stereocenters. The molecule has 2 aliphatic rings. The predicted molar refractivity (Wildman–Crippen MR) is 90.7 cm³/mol. The minimum Gasteiger partial charge on any atom is -0.496 e. The number of rotatable bonds is 4. The predicted octanol–water partition coefficient (Wildman–Crippen LogP) is 3.20. The van der Waals surface area contributed by atoms with Crippen LogP contribution in [0.3, 0.4) is 0 Å². The van der Waals surface area contributed by atoms with E-state index in [4.69, 9.17) is 30.5 Å². The van der Waals surface area contributed by atoms with Crippen LogP contribution >= 0.6 is 11.6 Å². The van der Waals surface area contributed by atoms with E-state index in [1.54, 1.807) is 6.07 Å². The van der Waals surface area contributed by atoms with Crippen LogP contribution in [0.2, 0.25) is 5.02 Å². The van der Waals surface area contributed by atoms with Gasteiger partial charge in [-0.1, -0.05) is 18.5 Å². The molecule has 1 aliphatic heterocycles. The second-order valence-corrected chi connectivity index (χ2v) is 6.33. The number of fused-ring (bicyclic) bond motifs is 1. The first-order chi connectivity index (χ1) is 11.9. The summed E-state index contributed by atoms with van der Waals surface area (Å²) in [4.78, 5) is 25.4. The van der Waals surface area contributed by atoms with Gasteiger partial charge < -0.3 is 18.9 Å². The molecule has 25 heavy (non-hydrogen) atoms. The molecule has 0 bridgehead atoms. The number of Topliss-reactive ketones (excluding diaryl/α,β-unsaturated/α-hetero) is 1. The molecule has 2 atom stereocenters. The number of benzene rings is 1. The lowest BCUT2D eigenvalue weighted by Gasteiger charge is -2.37. The third kappa shape index (κ3) is 2.31. The van der Waals surface area contributed by atoms with Gasteiger partial charge in [0.05, 0.1) is 21.3 Å². The van der Waals surface area contributed by atoms with E-state index in [0.717, 1.165) is 0 Å². The van der Waals surface area contributed by atoms with Gasteiger partial charge in [-0.15, -0.1) is 0 Å². The van der Waals surface area contributed by atoms with Crippen molar-refractivity contribution in [3.8, 4) is 17.2 Å². The van der Waals surface area contributed by atoms with E-state index in [1.165, 1.54) is 27.4 Å². The molecule has 0 fully saturated rings. The monoisotopic (exact) mass is 366 g/mol. The van der Waals surface area contributed by atoms with Crippen LogP contribution in [0.4, 0.5) is 0 Å². The van der Waals surface area contributed by atoms with Crippen molar-refractivity contribution in [3.63, 3.8) is 0 Å². The minimum absolute atomic E-state index is 0.0997. The molecule has 1 heterocycles. The van der Waals surface area contributed by atoms with Crippen molar-refractivity contribution in [3.05, 3.63) is 28.5 Å². The molecule has 3 rings (SSSR count). The summed E-state index contributed by atoms with van der Waals surface area (Å²) in [5.74, 6) is 0.234. The SMILES string of the molecule is CC[C@H]1CC(=O)C=C(OC)[C@@]12Oc1c(Cl)c(OC)cc(OC)c1C2=O. The molecule has 0 radical (unpaired) electrons. The van der Waals surface area contributed by atoms with E-state index < -0.39 is 5.60 Å². The van der Waals surface area contributed by atoms with E-state index in [1.807, 2.05) is 6.92 Å². The maximum absolute atomic E-state index is 13.4. The van der Waals surface area contributed by atoms with Crippen LogP contribution in [-0.4, -0.2) is 38.5 Å². The highest BCUT2D eigenvalue weighted by Gasteiger charge is 2.60. The molecule has 6 nitrogen and oxygen atoms in total. The molecule has 0 aromatic heterocycles. The first-order valence-corrected chi connectivity index (χ1v) is 8.29. The van der Waals surface area contributed by atoms with Crippen LogP contribution in [0.1, 0.15) is 30.1 Å². The maximum atomic E-state index is 13.4. The Kier molecular flexibility index (Phi) is 4.41. The molecule has 134 valence electrons. The Labute approximate surface area is 150 Å². The highest BCUT2D eigenvalue weighted by molar-refractivity contribution is 6.35. The number of allylic oxidation sites excluding steroid dienone is 1. The molecule has 0 N–H and O–H groups in total. The van der Waals surface area contributed by atoms with Gasteiger partial charge in [-0.3, -0.25) is 9.59 Å². The summed E-state index contributed by atoms with van der Waals surface area (Å²) in [6.45, 7) is 1.90. The average molecular weight is 367 g/mol. The number of ketones is 2. The number of hydrogen-bond donors (Lipinski definition) is 0. The highest BCUT2D eigenvalue weighted by Crippen LogP contribution is 2.54. The smallest absolute Gasteiger partial charge is 0.231 e. The highest BCUT2D eigenvalue weighted by atomic mass is 35.5. The van der Waals surface area contributed by atoms with Gasteiger partial charge in [0.15, 0.2) is 17.3 Å². The van der Waals surface area contributed by atoms with E-state index in [0.29, 0.717) is 17.9 Å². The Morgan fingerprint density at radius 3 is 2.44 bits per heavy atom. The molecule has 0 saturated heterocycles. The summed E-state index contributed by atoms with van der Waals surface area (Å²) in [5, 5.41) is 0.186. The number of ether oxygens (including phenoxy) is 4. The van der Waals surface area contributed by atoms with Crippen molar-refractivity contribution in [2.24, 2.45) is 5.92 Å². The van der Waals surface area contributed by atoms with E-state index in [2.05, 4.69) is 0 Å². The zero-order valence-electron chi connectivity index (χ0n) is 14.5. The van der Waals surface area contributed by atoms with E-state index in [9.17, 15) is 9.59 Å². The minimum atomic E-state index is -1.41. The summed E-state index contributed by atoms with van der Waals surface area (Å²) in [6.07, 6.45) is 2.08. The van der Waals surface area contributed by atoms with Gasteiger partial charge >= 0.3 is 0 Å². The number of methoxy groups -OCH3 is 3. The third-order valence-electron chi connectivity index (χ3n) is 4.81. The Balaban J connectivity index is 2.27. The lowest BCUT2D eigenvalue weighted by Crippen LogP contribution is -2.52. The van der Waals surface area contributed by atoms with Gasteiger partial charge in [-0.2, -0.15) is 0 Å². The van der Waals surface area contributed by atoms with Gasteiger partial charge in [-0.25, -0.2) is 0 Å². The molecule has 1 aliphatic carbocycles. The average Bonchev–Trinajstić information content (AvgIpc) is 2.92. The number of halogens is 1. The van der Waals surface area contributed by atoms with Gasteiger partial charge in [-0.05, 0) is 6.42 Å². The van der Waals surface area contributed by atoms with E-state index >= 15 is 0 Å². The Hall–Kier alpha value is -2.21. The standard InChI is InChI=1S/C18H19ClO6/c1-5-9-6-10(20)7-13(24-4)18(9)17(21)14-11(22-2)8-12(23-3)15(19)16(14)25-18/h7-9H,5-6H2,1-4H3/t9-,18-/m0/s1. The normalized spacial score (nSPS) is 24.7. The van der Waals surface area contributed by atoms with Gasteiger partial charge in [0.25, 0.3) is 0 Å². The van der Waals surface area contributed by atoms with Gasteiger partial charge in [0.2, 0.25) is 11.4 Å². The van der Waals surface area contributed by atoms with Crippen LogP contribution in [0.15, 0.2) is 17.9 Å². The van der Waals surface area contributed by atoms with Crippen LogP contribution in [0.25, 0.3) is 0 Å². The Morgan fingerprint density at radius 2 is 1.88 bits per heavy atom. The van der Waals surface area contributed by atoms with Gasteiger partial charge in [0.1, 0.15) is 22.1 Å².